The highest BCUT2D eigenvalue weighted by Crippen LogP contribution is 2.34. The van der Waals surface area contributed by atoms with E-state index in [0.717, 1.165) is 48.2 Å². The monoisotopic (exact) mass is 373 g/mol. The SMILES string of the molecule is CC[C@@H](c1ccccc1)[C@@H]1CCCN1C(=O)c1ccc2nc(C)c(C)nc2c1. The second-order valence-corrected chi connectivity index (χ2v) is 7.73. The van der Waals surface area contributed by atoms with E-state index in [9.17, 15) is 4.79 Å². The van der Waals surface area contributed by atoms with Crippen molar-refractivity contribution in [1.29, 1.82) is 0 Å². The third kappa shape index (κ3) is 3.39. The molecule has 0 saturated carbocycles. The highest BCUT2D eigenvalue weighted by atomic mass is 16.2. The Bertz CT molecular complexity index is 999. The highest BCUT2D eigenvalue weighted by Gasteiger charge is 2.35. The van der Waals surface area contributed by atoms with Crippen LogP contribution in [0.3, 0.4) is 0 Å². The third-order valence-corrected chi connectivity index (χ3v) is 6.01. The van der Waals surface area contributed by atoms with Crippen LogP contribution in [0.1, 0.15) is 59.4 Å². The second kappa shape index (κ2) is 7.70. The van der Waals surface area contributed by atoms with Gasteiger partial charge < -0.3 is 4.90 Å². The lowest BCUT2D eigenvalue weighted by atomic mass is 9.87. The molecule has 1 amide bonds. The summed E-state index contributed by atoms with van der Waals surface area (Å²) in [5.74, 6) is 0.483. The predicted molar refractivity (Wildman–Crippen MR) is 113 cm³/mol. The van der Waals surface area contributed by atoms with Gasteiger partial charge in [0.2, 0.25) is 0 Å². The number of carbonyl (C=O) groups is 1. The van der Waals surface area contributed by atoms with Gasteiger partial charge in [0.15, 0.2) is 0 Å². The van der Waals surface area contributed by atoms with E-state index >= 15 is 0 Å². The largest absolute Gasteiger partial charge is 0.335 e. The van der Waals surface area contributed by atoms with Crippen LogP contribution in [0.5, 0.6) is 0 Å². The van der Waals surface area contributed by atoms with Gasteiger partial charge in [0, 0.05) is 24.1 Å². The Morgan fingerprint density at radius 2 is 1.79 bits per heavy atom. The first kappa shape index (κ1) is 18.6. The molecule has 0 spiro atoms. The first-order valence-electron chi connectivity index (χ1n) is 10.2. The number of rotatable bonds is 4. The summed E-state index contributed by atoms with van der Waals surface area (Å²) in [6.45, 7) is 6.96. The van der Waals surface area contributed by atoms with Gasteiger partial charge in [-0.3, -0.25) is 4.79 Å². The molecule has 144 valence electrons. The fourth-order valence-corrected chi connectivity index (χ4v) is 4.42. The minimum atomic E-state index is 0.110. The van der Waals surface area contributed by atoms with Crippen molar-refractivity contribution < 1.29 is 4.79 Å². The molecule has 0 bridgehead atoms. The molecule has 3 aromatic rings. The van der Waals surface area contributed by atoms with Crippen LogP contribution >= 0.6 is 0 Å². The van der Waals surface area contributed by atoms with E-state index in [2.05, 4.69) is 46.1 Å². The predicted octanol–water partition coefficient (Wildman–Crippen LogP) is 5.05. The lowest BCUT2D eigenvalue weighted by molar-refractivity contribution is 0.0714. The number of hydrogen-bond donors (Lipinski definition) is 0. The van der Waals surface area contributed by atoms with Gasteiger partial charge in [-0.25, -0.2) is 9.97 Å². The van der Waals surface area contributed by atoms with Crippen molar-refractivity contribution >= 4 is 16.9 Å². The Kier molecular flexibility index (Phi) is 5.12. The summed E-state index contributed by atoms with van der Waals surface area (Å²) in [6, 6.07) is 16.6. The molecule has 1 aliphatic heterocycles. The lowest BCUT2D eigenvalue weighted by Crippen LogP contribution is -2.39. The summed E-state index contributed by atoms with van der Waals surface area (Å²) >= 11 is 0. The van der Waals surface area contributed by atoms with E-state index in [-0.39, 0.29) is 11.9 Å². The van der Waals surface area contributed by atoms with Crippen LogP contribution in [0.15, 0.2) is 48.5 Å². The first-order chi connectivity index (χ1) is 13.6. The molecular formula is C24H27N3O. The number of nitrogens with zero attached hydrogens (tertiary/aromatic N) is 3. The molecule has 2 heterocycles. The zero-order valence-electron chi connectivity index (χ0n) is 16.9. The smallest absolute Gasteiger partial charge is 0.254 e. The maximum atomic E-state index is 13.4. The van der Waals surface area contributed by atoms with Crippen molar-refractivity contribution in [3.05, 3.63) is 71.0 Å². The van der Waals surface area contributed by atoms with Crippen LogP contribution < -0.4 is 0 Å². The summed E-state index contributed by atoms with van der Waals surface area (Å²) in [6.07, 6.45) is 3.15. The number of fused-ring (bicyclic) bond motifs is 1. The van der Waals surface area contributed by atoms with Crippen LogP contribution in [0, 0.1) is 13.8 Å². The zero-order chi connectivity index (χ0) is 19.7. The number of likely N-dealkylation sites (tertiary alicyclic amines) is 1. The van der Waals surface area contributed by atoms with Crippen LogP contribution in [-0.2, 0) is 0 Å². The fourth-order valence-electron chi connectivity index (χ4n) is 4.42. The Hall–Kier alpha value is -2.75. The average molecular weight is 374 g/mol. The number of benzene rings is 2. The third-order valence-electron chi connectivity index (χ3n) is 6.01. The van der Waals surface area contributed by atoms with Gasteiger partial charge in [-0.05, 0) is 56.9 Å². The standard InChI is InChI=1S/C24H27N3O/c1-4-20(18-9-6-5-7-10-18)23-11-8-14-27(23)24(28)19-12-13-21-22(15-19)26-17(3)16(2)25-21/h5-7,9-10,12-13,15,20,23H,4,8,11,14H2,1-3H3/t20-,23-/m0/s1. The minimum Gasteiger partial charge on any atom is -0.335 e. The number of amides is 1. The molecule has 4 heteroatoms. The number of aromatic nitrogens is 2. The van der Waals surface area contributed by atoms with Gasteiger partial charge in [-0.1, -0.05) is 37.3 Å². The van der Waals surface area contributed by atoms with Crippen LogP contribution in [-0.4, -0.2) is 33.4 Å². The molecule has 1 fully saturated rings. The summed E-state index contributed by atoms with van der Waals surface area (Å²) in [5, 5.41) is 0. The number of carbonyl (C=O) groups excluding carboxylic acids is 1. The molecule has 28 heavy (non-hydrogen) atoms. The molecule has 4 rings (SSSR count). The van der Waals surface area contributed by atoms with Crippen molar-refractivity contribution in [2.75, 3.05) is 6.54 Å². The average Bonchev–Trinajstić information content (AvgIpc) is 3.19. The van der Waals surface area contributed by atoms with E-state index in [1.54, 1.807) is 0 Å². The van der Waals surface area contributed by atoms with Crippen LogP contribution in [0.4, 0.5) is 0 Å². The Labute approximate surface area is 166 Å². The number of aryl methyl sites for hydroxylation is 2. The topological polar surface area (TPSA) is 46.1 Å². The highest BCUT2D eigenvalue weighted by molar-refractivity contribution is 5.97. The Balaban J connectivity index is 1.65. The lowest BCUT2D eigenvalue weighted by Gasteiger charge is -2.32. The molecular weight excluding hydrogens is 346 g/mol. The molecule has 0 aliphatic carbocycles. The van der Waals surface area contributed by atoms with Crippen LogP contribution in [0.2, 0.25) is 0 Å². The maximum absolute atomic E-state index is 13.4. The summed E-state index contributed by atoms with van der Waals surface area (Å²) in [7, 11) is 0. The van der Waals surface area contributed by atoms with E-state index in [1.165, 1.54) is 5.56 Å². The number of hydrogen-bond acceptors (Lipinski definition) is 3. The summed E-state index contributed by atoms with van der Waals surface area (Å²) < 4.78 is 0. The minimum absolute atomic E-state index is 0.110. The second-order valence-electron chi connectivity index (χ2n) is 7.73. The van der Waals surface area contributed by atoms with E-state index < -0.39 is 0 Å². The van der Waals surface area contributed by atoms with Gasteiger partial charge in [0.25, 0.3) is 5.91 Å². The Morgan fingerprint density at radius 3 is 2.50 bits per heavy atom. The summed E-state index contributed by atoms with van der Waals surface area (Å²) in [4.78, 5) is 24.7. The molecule has 4 nitrogen and oxygen atoms in total. The van der Waals surface area contributed by atoms with E-state index in [1.807, 2.05) is 38.1 Å². The normalized spacial score (nSPS) is 17.8. The maximum Gasteiger partial charge on any atom is 0.254 e. The molecule has 1 aliphatic rings. The Morgan fingerprint density at radius 1 is 1.07 bits per heavy atom. The van der Waals surface area contributed by atoms with E-state index in [0.29, 0.717) is 11.5 Å². The van der Waals surface area contributed by atoms with Gasteiger partial charge >= 0.3 is 0 Å². The fraction of sp³-hybridized carbons (Fsp3) is 0.375. The molecule has 1 saturated heterocycles. The molecule has 2 aromatic carbocycles. The quantitative estimate of drug-likeness (QED) is 0.643. The molecule has 2 atom stereocenters. The zero-order valence-corrected chi connectivity index (χ0v) is 16.9. The van der Waals surface area contributed by atoms with Crippen molar-refractivity contribution in [3.63, 3.8) is 0 Å². The van der Waals surface area contributed by atoms with Gasteiger partial charge in [0.05, 0.1) is 22.4 Å². The van der Waals surface area contributed by atoms with Crippen molar-refractivity contribution in [2.45, 2.75) is 52.0 Å². The summed E-state index contributed by atoms with van der Waals surface area (Å²) in [5.41, 5.74) is 5.50. The molecule has 0 unspecified atom stereocenters. The van der Waals surface area contributed by atoms with Gasteiger partial charge in [-0.15, -0.1) is 0 Å². The van der Waals surface area contributed by atoms with Crippen molar-refractivity contribution in [1.82, 2.24) is 14.9 Å². The van der Waals surface area contributed by atoms with E-state index in [4.69, 9.17) is 0 Å². The van der Waals surface area contributed by atoms with Gasteiger partial charge in [0.1, 0.15) is 0 Å². The molecule has 1 aromatic heterocycles. The molecule has 0 N–H and O–H groups in total. The van der Waals surface area contributed by atoms with Gasteiger partial charge in [-0.2, -0.15) is 0 Å². The van der Waals surface area contributed by atoms with Crippen LogP contribution in [0.25, 0.3) is 11.0 Å². The van der Waals surface area contributed by atoms with Crippen molar-refractivity contribution in [2.24, 2.45) is 0 Å². The first-order valence-corrected chi connectivity index (χ1v) is 10.2. The molecule has 0 radical (unpaired) electrons. The van der Waals surface area contributed by atoms with Crippen molar-refractivity contribution in [3.8, 4) is 0 Å².